The van der Waals surface area contributed by atoms with Gasteiger partial charge >= 0.3 is 12.1 Å². The lowest BCUT2D eigenvalue weighted by molar-refractivity contribution is -0.192. The Morgan fingerprint density at radius 3 is 2.34 bits per heavy atom. The molecule has 32 heavy (non-hydrogen) atoms. The van der Waals surface area contributed by atoms with Crippen LogP contribution in [0.4, 0.5) is 19.0 Å². The monoisotopic (exact) mass is 451 g/mol. The molecule has 1 amide bonds. The van der Waals surface area contributed by atoms with Crippen LogP contribution in [-0.2, 0) is 4.79 Å². The first-order valence-electron chi connectivity index (χ1n) is 9.53. The van der Waals surface area contributed by atoms with Crippen molar-refractivity contribution in [3.63, 3.8) is 0 Å². The van der Waals surface area contributed by atoms with E-state index >= 15 is 0 Å². The van der Waals surface area contributed by atoms with Gasteiger partial charge in [0.15, 0.2) is 0 Å². The number of aromatic nitrogens is 3. The zero-order chi connectivity index (χ0) is 23.5. The molecule has 170 valence electrons. The predicted octanol–water partition coefficient (Wildman–Crippen LogP) is 1.93. The molecule has 12 heteroatoms. The van der Waals surface area contributed by atoms with E-state index in [-0.39, 0.29) is 11.5 Å². The van der Waals surface area contributed by atoms with Crippen molar-refractivity contribution in [1.82, 2.24) is 19.3 Å². The Morgan fingerprint density at radius 1 is 1.09 bits per heavy atom. The predicted molar refractivity (Wildman–Crippen MR) is 109 cm³/mol. The van der Waals surface area contributed by atoms with Crippen molar-refractivity contribution in [2.45, 2.75) is 13.1 Å². The molecule has 3 aromatic heterocycles. The second kappa shape index (κ2) is 9.12. The highest BCUT2D eigenvalue weighted by atomic mass is 19.4. The topological polar surface area (TPSA) is 111 Å². The van der Waals surface area contributed by atoms with E-state index in [9.17, 15) is 22.8 Å². The van der Waals surface area contributed by atoms with Crippen molar-refractivity contribution >= 4 is 23.2 Å². The summed E-state index contributed by atoms with van der Waals surface area (Å²) in [5, 5.41) is 7.12. The molecule has 0 radical (unpaired) electrons. The number of carbonyl (C=O) groups excluding carboxylic acids is 1. The first-order chi connectivity index (χ1) is 15.1. The molecule has 1 aliphatic rings. The zero-order valence-electron chi connectivity index (χ0n) is 17.0. The van der Waals surface area contributed by atoms with Crippen LogP contribution >= 0.6 is 0 Å². The van der Waals surface area contributed by atoms with Crippen molar-refractivity contribution in [1.29, 1.82) is 0 Å². The van der Waals surface area contributed by atoms with Crippen molar-refractivity contribution in [2.75, 3.05) is 31.1 Å². The summed E-state index contributed by atoms with van der Waals surface area (Å²) < 4.78 is 33.7. The van der Waals surface area contributed by atoms with Gasteiger partial charge in [-0.15, -0.1) is 0 Å². The molecule has 0 saturated carbocycles. The third kappa shape index (κ3) is 5.25. The number of hydrogen-bond donors (Lipinski definition) is 2. The molecular formula is C20H20F3N5O4. The summed E-state index contributed by atoms with van der Waals surface area (Å²) in [4.78, 5) is 44.2. The first kappa shape index (κ1) is 22.8. The van der Waals surface area contributed by atoms with E-state index in [1.54, 1.807) is 12.3 Å². The van der Waals surface area contributed by atoms with Crippen LogP contribution in [0.2, 0.25) is 0 Å². The fourth-order valence-electron chi connectivity index (χ4n) is 3.20. The molecule has 1 fully saturated rings. The average Bonchev–Trinajstić information content (AvgIpc) is 3.13. The number of aryl methyl sites for hydroxylation is 1. The first-order valence-corrected chi connectivity index (χ1v) is 9.53. The number of nitrogens with zero attached hydrogens (tertiary/aromatic N) is 4. The van der Waals surface area contributed by atoms with Gasteiger partial charge in [0.05, 0.1) is 17.3 Å². The quantitative estimate of drug-likeness (QED) is 0.616. The molecule has 4 rings (SSSR count). The lowest BCUT2D eigenvalue weighted by Crippen LogP contribution is -2.49. The van der Waals surface area contributed by atoms with Gasteiger partial charge in [-0.2, -0.15) is 13.2 Å². The van der Waals surface area contributed by atoms with Gasteiger partial charge in [-0.05, 0) is 25.1 Å². The Kier molecular flexibility index (Phi) is 6.51. The summed E-state index contributed by atoms with van der Waals surface area (Å²) in [5.41, 5.74) is 1.53. The van der Waals surface area contributed by atoms with E-state index < -0.39 is 12.1 Å². The van der Waals surface area contributed by atoms with Crippen LogP contribution in [-0.4, -0.2) is 68.6 Å². The minimum absolute atomic E-state index is 0.0243. The summed E-state index contributed by atoms with van der Waals surface area (Å²) >= 11 is 0. The number of halogens is 3. The molecule has 0 unspecified atom stereocenters. The van der Waals surface area contributed by atoms with E-state index in [1.165, 1.54) is 6.07 Å². The Balaban J connectivity index is 0.000000360. The second-order valence-electron chi connectivity index (χ2n) is 7.00. The molecule has 4 heterocycles. The normalized spacial score (nSPS) is 14.1. The highest BCUT2D eigenvalue weighted by Crippen LogP contribution is 2.15. The van der Waals surface area contributed by atoms with Crippen LogP contribution in [0.25, 0.3) is 5.52 Å². The third-order valence-electron chi connectivity index (χ3n) is 4.86. The number of amides is 1. The number of H-pyrrole nitrogens is 1. The molecule has 0 spiro atoms. The highest BCUT2D eigenvalue weighted by Gasteiger charge is 2.38. The molecular weight excluding hydrogens is 431 g/mol. The average molecular weight is 451 g/mol. The smallest absolute Gasteiger partial charge is 0.475 e. The van der Waals surface area contributed by atoms with Crippen molar-refractivity contribution < 1.29 is 27.9 Å². The third-order valence-corrected chi connectivity index (χ3v) is 4.86. The summed E-state index contributed by atoms with van der Waals surface area (Å²) in [6.07, 6.45) is -1.44. The number of carboxylic acids is 1. The number of imidazole rings is 1. The number of alkyl halides is 3. The van der Waals surface area contributed by atoms with Crippen LogP contribution in [0.3, 0.4) is 0 Å². The van der Waals surface area contributed by atoms with Gasteiger partial charge in [0.1, 0.15) is 11.6 Å². The minimum Gasteiger partial charge on any atom is -0.475 e. The van der Waals surface area contributed by atoms with Crippen LogP contribution in [0, 0.1) is 6.92 Å². The molecule has 2 N–H and O–H groups in total. The lowest BCUT2D eigenvalue weighted by Gasteiger charge is -2.35. The Labute approximate surface area is 179 Å². The van der Waals surface area contributed by atoms with Crippen molar-refractivity contribution in [3.05, 3.63) is 64.5 Å². The summed E-state index contributed by atoms with van der Waals surface area (Å²) in [6.45, 7) is 4.55. The number of hydrogen-bond acceptors (Lipinski definition) is 5. The highest BCUT2D eigenvalue weighted by molar-refractivity contribution is 5.94. The number of aromatic amines is 1. The molecule has 0 aliphatic carbocycles. The largest absolute Gasteiger partial charge is 0.490 e. The van der Waals surface area contributed by atoms with E-state index in [2.05, 4.69) is 14.9 Å². The molecule has 1 saturated heterocycles. The number of piperazine rings is 1. The number of rotatable bonds is 2. The van der Waals surface area contributed by atoms with Gasteiger partial charge in [0.25, 0.3) is 5.91 Å². The van der Waals surface area contributed by atoms with Crippen molar-refractivity contribution in [2.24, 2.45) is 0 Å². The van der Waals surface area contributed by atoms with Crippen LogP contribution < -0.4 is 10.5 Å². The van der Waals surface area contributed by atoms with Gasteiger partial charge in [-0.3, -0.25) is 9.59 Å². The standard InChI is InChI=1S/C18H19N5O2.C2HF3O2/c1-13-19-11-15-6-5-14(12-23(13)15)18(25)22-9-7-21(8-10-22)16-3-2-4-17(24)20-16;3-2(4,5)1(6)7/h2-6,11-12H,7-10H2,1H3,(H,20,24);(H,6,7). The van der Waals surface area contributed by atoms with Gasteiger partial charge in [0.2, 0.25) is 5.56 Å². The number of nitrogens with one attached hydrogen (secondary N) is 1. The van der Waals surface area contributed by atoms with Gasteiger partial charge < -0.3 is 24.3 Å². The maximum atomic E-state index is 12.8. The molecule has 3 aromatic rings. The fourth-order valence-corrected chi connectivity index (χ4v) is 3.20. The SMILES string of the molecule is Cc1ncc2ccc(C(=O)N3CCN(c4cccc(=O)[nH]4)CC3)cn12.O=C(O)C(F)(F)F. The second-order valence-corrected chi connectivity index (χ2v) is 7.00. The molecule has 1 aliphatic heterocycles. The lowest BCUT2D eigenvalue weighted by atomic mass is 10.2. The van der Waals surface area contributed by atoms with Gasteiger partial charge in [-0.25, -0.2) is 9.78 Å². The maximum Gasteiger partial charge on any atom is 0.490 e. The van der Waals surface area contributed by atoms with Gasteiger partial charge in [0, 0.05) is 38.4 Å². The number of anilines is 1. The van der Waals surface area contributed by atoms with E-state index in [1.807, 2.05) is 40.6 Å². The number of pyridine rings is 2. The Morgan fingerprint density at radius 2 is 1.75 bits per heavy atom. The Bertz CT molecular complexity index is 1180. The van der Waals surface area contributed by atoms with Crippen LogP contribution in [0.5, 0.6) is 0 Å². The number of fused-ring (bicyclic) bond motifs is 1. The molecule has 0 bridgehead atoms. The minimum atomic E-state index is -5.08. The number of aliphatic carboxylic acids is 1. The van der Waals surface area contributed by atoms with Crippen LogP contribution in [0.15, 0.2) is 47.5 Å². The maximum absolute atomic E-state index is 12.8. The molecule has 0 aromatic carbocycles. The van der Waals surface area contributed by atoms with Crippen molar-refractivity contribution in [3.8, 4) is 0 Å². The number of carboxylic acid groups (broad SMARTS) is 1. The summed E-state index contributed by atoms with van der Waals surface area (Å²) in [5.74, 6) is -1.07. The fraction of sp³-hybridized carbons (Fsp3) is 0.300. The van der Waals surface area contributed by atoms with E-state index in [0.29, 0.717) is 31.7 Å². The number of carbonyl (C=O) groups is 2. The summed E-state index contributed by atoms with van der Waals surface area (Å²) in [6, 6.07) is 8.89. The Hall–Kier alpha value is -3.83. The summed E-state index contributed by atoms with van der Waals surface area (Å²) in [7, 11) is 0. The zero-order valence-corrected chi connectivity index (χ0v) is 17.0. The van der Waals surface area contributed by atoms with E-state index in [4.69, 9.17) is 9.90 Å². The molecule has 0 atom stereocenters. The van der Waals surface area contributed by atoms with Crippen LogP contribution in [0.1, 0.15) is 16.2 Å². The van der Waals surface area contributed by atoms with E-state index in [0.717, 1.165) is 17.2 Å². The van der Waals surface area contributed by atoms with Gasteiger partial charge in [-0.1, -0.05) is 6.07 Å². The molecule has 9 nitrogen and oxygen atoms in total.